The number of aryl methyl sites for hydroxylation is 1. The van der Waals surface area contributed by atoms with E-state index in [1.165, 1.54) is 11.8 Å². The fraction of sp³-hybridized carbons (Fsp3) is 0.333. The van der Waals surface area contributed by atoms with E-state index in [4.69, 9.17) is 4.52 Å². The van der Waals surface area contributed by atoms with Crippen molar-refractivity contribution in [2.24, 2.45) is 0 Å². The van der Waals surface area contributed by atoms with Crippen molar-refractivity contribution in [3.05, 3.63) is 41.9 Å². The van der Waals surface area contributed by atoms with Crippen molar-refractivity contribution in [1.29, 1.82) is 0 Å². The second kappa shape index (κ2) is 8.33. The van der Waals surface area contributed by atoms with Crippen LogP contribution in [0.3, 0.4) is 0 Å². The number of pyridine rings is 1. The number of rotatable bonds is 7. The molecule has 0 aliphatic rings. The first-order valence-electron chi connectivity index (χ1n) is 7.06. The van der Waals surface area contributed by atoms with Gasteiger partial charge in [-0.15, -0.1) is 11.8 Å². The molecule has 2 rings (SSSR count). The fourth-order valence-corrected chi connectivity index (χ4v) is 2.40. The normalized spacial score (nSPS) is 11.7. The van der Waals surface area contributed by atoms with Crippen LogP contribution in [0.25, 0.3) is 0 Å². The highest BCUT2D eigenvalue weighted by atomic mass is 32.2. The monoisotopic (exact) mass is 334 g/mol. The molecule has 0 spiro atoms. The Bertz CT molecular complexity index is 660. The molecule has 2 heterocycles. The first-order chi connectivity index (χ1) is 11.0. The van der Waals surface area contributed by atoms with Gasteiger partial charge in [-0.2, -0.15) is 0 Å². The molecule has 0 fully saturated rings. The minimum Gasteiger partial charge on any atom is -0.360 e. The summed E-state index contributed by atoms with van der Waals surface area (Å²) in [6, 6.07) is 5.33. The van der Waals surface area contributed by atoms with Gasteiger partial charge in [-0.1, -0.05) is 11.2 Å². The van der Waals surface area contributed by atoms with Gasteiger partial charge in [-0.05, 0) is 25.5 Å². The van der Waals surface area contributed by atoms with Gasteiger partial charge in [0.25, 0.3) is 0 Å². The van der Waals surface area contributed by atoms with Crippen LogP contribution in [0.5, 0.6) is 0 Å². The van der Waals surface area contributed by atoms with Crippen LogP contribution in [0, 0.1) is 6.92 Å². The quantitative estimate of drug-likeness (QED) is 0.801. The molecule has 2 amide bonds. The second-order valence-corrected chi connectivity index (χ2v) is 6.23. The van der Waals surface area contributed by atoms with Crippen molar-refractivity contribution >= 4 is 29.4 Å². The molecule has 23 heavy (non-hydrogen) atoms. The van der Waals surface area contributed by atoms with Gasteiger partial charge in [0.2, 0.25) is 11.8 Å². The highest BCUT2D eigenvalue weighted by Crippen LogP contribution is 2.14. The van der Waals surface area contributed by atoms with E-state index >= 15 is 0 Å². The lowest BCUT2D eigenvalue weighted by Gasteiger charge is -2.10. The number of nitrogens with zero attached hydrogens (tertiary/aromatic N) is 2. The Balaban J connectivity index is 1.69. The zero-order valence-corrected chi connectivity index (χ0v) is 13.7. The van der Waals surface area contributed by atoms with Gasteiger partial charge in [0.15, 0.2) is 5.82 Å². The van der Waals surface area contributed by atoms with Crippen LogP contribution in [-0.2, 0) is 16.1 Å². The Morgan fingerprint density at radius 3 is 2.91 bits per heavy atom. The second-order valence-electron chi connectivity index (χ2n) is 4.90. The number of thioether (sulfide) groups is 1. The lowest BCUT2D eigenvalue weighted by atomic mass is 10.3. The number of nitrogens with one attached hydrogen (secondary N) is 2. The molecule has 0 unspecified atom stereocenters. The largest absolute Gasteiger partial charge is 0.360 e. The summed E-state index contributed by atoms with van der Waals surface area (Å²) < 4.78 is 4.88. The fourth-order valence-electron chi connectivity index (χ4n) is 1.68. The highest BCUT2D eigenvalue weighted by Gasteiger charge is 2.16. The zero-order valence-electron chi connectivity index (χ0n) is 12.9. The van der Waals surface area contributed by atoms with Crippen LogP contribution >= 0.6 is 11.8 Å². The maximum absolute atomic E-state index is 12.0. The Kier molecular flexibility index (Phi) is 6.16. The van der Waals surface area contributed by atoms with E-state index in [0.717, 1.165) is 5.56 Å². The van der Waals surface area contributed by atoms with Crippen LogP contribution in [0.15, 0.2) is 35.1 Å². The average molecular weight is 334 g/mol. The third kappa shape index (κ3) is 5.74. The third-order valence-corrected chi connectivity index (χ3v) is 4.07. The van der Waals surface area contributed by atoms with Crippen molar-refractivity contribution < 1.29 is 14.1 Å². The molecule has 0 aliphatic carbocycles. The molecule has 0 saturated carbocycles. The third-order valence-electron chi connectivity index (χ3n) is 2.93. The van der Waals surface area contributed by atoms with Crippen molar-refractivity contribution in [2.45, 2.75) is 25.6 Å². The maximum Gasteiger partial charge on any atom is 0.238 e. The predicted molar refractivity (Wildman–Crippen MR) is 87.9 cm³/mol. The molecule has 0 radical (unpaired) electrons. The van der Waals surface area contributed by atoms with Gasteiger partial charge in [-0.25, -0.2) is 0 Å². The van der Waals surface area contributed by atoms with Gasteiger partial charge in [0.1, 0.15) is 5.76 Å². The number of carbonyl (C=O) groups excluding carboxylic acids is 2. The van der Waals surface area contributed by atoms with Crippen LogP contribution in [0.2, 0.25) is 0 Å². The summed E-state index contributed by atoms with van der Waals surface area (Å²) in [4.78, 5) is 27.7. The van der Waals surface area contributed by atoms with E-state index in [-0.39, 0.29) is 22.8 Å². The smallest absolute Gasteiger partial charge is 0.238 e. The molecule has 0 aliphatic heterocycles. The topological polar surface area (TPSA) is 97.1 Å². The SMILES string of the molecule is Cc1cc(NC(=O)[C@@H](C)SCC(=O)NCc2cccnc2)no1. The lowest BCUT2D eigenvalue weighted by molar-refractivity contribution is -0.118. The number of anilines is 1. The highest BCUT2D eigenvalue weighted by molar-refractivity contribution is 8.01. The van der Waals surface area contributed by atoms with Gasteiger partial charge in [0.05, 0.1) is 11.0 Å². The summed E-state index contributed by atoms with van der Waals surface area (Å²) in [5.41, 5.74) is 0.929. The predicted octanol–water partition coefficient (Wildman–Crippen LogP) is 1.75. The standard InChI is InChI=1S/C15H18N4O3S/c1-10-6-13(19-22-10)18-15(21)11(2)23-9-14(20)17-8-12-4-3-5-16-7-12/h3-7,11H,8-9H2,1-2H3,(H,17,20)(H,18,19,21)/t11-/m1/s1. The Morgan fingerprint density at radius 1 is 1.43 bits per heavy atom. The first kappa shape index (κ1) is 17.0. The molecule has 0 saturated heterocycles. The molecule has 122 valence electrons. The van der Waals surface area contributed by atoms with Crippen molar-refractivity contribution in [1.82, 2.24) is 15.5 Å². The van der Waals surface area contributed by atoms with E-state index in [0.29, 0.717) is 18.1 Å². The van der Waals surface area contributed by atoms with E-state index in [2.05, 4.69) is 20.8 Å². The van der Waals surface area contributed by atoms with Crippen LogP contribution in [0.4, 0.5) is 5.82 Å². The summed E-state index contributed by atoms with van der Waals surface area (Å²) >= 11 is 1.26. The Labute approximate surface area is 138 Å². The molecule has 0 bridgehead atoms. The minimum absolute atomic E-state index is 0.129. The molecule has 1 atom stereocenters. The summed E-state index contributed by atoms with van der Waals surface area (Å²) in [5, 5.41) is 8.74. The van der Waals surface area contributed by atoms with E-state index in [1.807, 2.05) is 12.1 Å². The molecular formula is C15H18N4O3S. The Hall–Kier alpha value is -2.35. The number of hydrogen-bond donors (Lipinski definition) is 2. The molecule has 8 heteroatoms. The van der Waals surface area contributed by atoms with E-state index in [9.17, 15) is 9.59 Å². The molecular weight excluding hydrogens is 316 g/mol. The summed E-state index contributed by atoms with van der Waals surface area (Å²) in [6.45, 7) is 3.90. The van der Waals surface area contributed by atoms with Crippen LogP contribution < -0.4 is 10.6 Å². The van der Waals surface area contributed by atoms with E-state index < -0.39 is 0 Å². The van der Waals surface area contributed by atoms with Gasteiger partial charge in [-0.3, -0.25) is 14.6 Å². The van der Waals surface area contributed by atoms with Crippen molar-refractivity contribution in [3.63, 3.8) is 0 Å². The molecule has 7 nitrogen and oxygen atoms in total. The van der Waals surface area contributed by atoms with Crippen LogP contribution in [-0.4, -0.2) is 33.0 Å². The Morgan fingerprint density at radius 2 is 2.26 bits per heavy atom. The number of hydrogen-bond acceptors (Lipinski definition) is 6. The molecule has 2 aromatic rings. The zero-order chi connectivity index (χ0) is 16.7. The number of aromatic nitrogens is 2. The van der Waals surface area contributed by atoms with Crippen molar-refractivity contribution in [3.8, 4) is 0 Å². The van der Waals surface area contributed by atoms with Gasteiger partial charge >= 0.3 is 0 Å². The van der Waals surface area contributed by atoms with Crippen LogP contribution in [0.1, 0.15) is 18.2 Å². The summed E-state index contributed by atoms with van der Waals surface area (Å²) in [5.74, 6) is 0.850. The first-order valence-corrected chi connectivity index (χ1v) is 8.11. The van der Waals surface area contributed by atoms with Gasteiger partial charge in [0, 0.05) is 25.0 Å². The number of carbonyl (C=O) groups is 2. The van der Waals surface area contributed by atoms with E-state index in [1.54, 1.807) is 32.3 Å². The lowest BCUT2D eigenvalue weighted by Crippen LogP contribution is -2.28. The number of amides is 2. The molecule has 2 N–H and O–H groups in total. The average Bonchev–Trinajstić information content (AvgIpc) is 2.96. The molecule has 2 aromatic heterocycles. The summed E-state index contributed by atoms with van der Waals surface area (Å²) in [7, 11) is 0. The summed E-state index contributed by atoms with van der Waals surface area (Å²) in [6.07, 6.45) is 3.38. The van der Waals surface area contributed by atoms with Gasteiger partial charge < -0.3 is 15.2 Å². The maximum atomic E-state index is 12.0. The minimum atomic E-state index is -0.379. The van der Waals surface area contributed by atoms with Crippen molar-refractivity contribution in [2.75, 3.05) is 11.1 Å². The molecule has 0 aromatic carbocycles.